The van der Waals surface area contributed by atoms with Gasteiger partial charge in [0.15, 0.2) is 0 Å². The molecular weight excluding hydrogens is 591 g/mol. The van der Waals surface area contributed by atoms with Crippen molar-refractivity contribution >= 4 is 35.5 Å². The number of hydrogen-bond acceptors (Lipinski definition) is 8. The molecule has 1 unspecified atom stereocenters. The van der Waals surface area contributed by atoms with Crippen LogP contribution in [0.5, 0.6) is 0 Å². The molecule has 0 heterocycles. The Morgan fingerprint density at radius 2 is 1.27 bits per heavy atom. The number of hydroxylamine groups is 2. The maximum Gasteiger partial charge on any atom is 0.339 e. The minimum absolute atomic E-state index is 0.0983. The van der Waals surface area contributed by atoms with E-state index < -0.39 is 11.1 Å². The Hall–Kier alpha value is -2.78. The van der Waals surface area contributed by atoms with Gasteiger partial charge in [-0.15, -0.1) is 23.5 Å². The zero-order chi connectivity index (χ0) is 31.6. The number of esters is 2. The fraction of sp³-hybridized carbons (Fsp3) is 0.444. The van der Waals surface area contributed by atoms with Gasteiger partial charge in [-0.3, -0.25) is 4.84 Å². The minimum Gasteiger partial charge on any atom is -0.460 e. The van der Waals surface area contributed by atoms with E-state index in [-0.39, 0.29) is 31.3 Å². The van der Waals surface area contributed by atoms with E-state index >= 15 is 0 Å². The molecule has 44 heavy (non-hydrogen) atoms. The summed E-state index contributed by atoms with van der Waals surface area (Å²) in [6.07, 6.45) is 9.38. The first-order valence-electron chi connectivity index (χ1n) is 15.3. The van der Waals surface area contributed by atoms with Crippen molar-refractivity contribution in [3.05, 3.63) is 95.6 Å². The van der Waals surface area contributed by atoms with Crippen LogP contribution in [0, 0.1) is 0 Å². The molecule has 1 aliphatic carbocycles. The largest absolute Gasteiger partial charge is 0.460 e. The molecule has 3 aromatic carbocycles. The highest BCUT2D eigenvalue weighted by molar-refractivity contribution is 7.99. The third kappa shape index (κ3) is 8.47. The summed E-state index contributed by atoms with van der Waals surface area (Å²) in [5.74, 6) is -0.707. The fourth-order valence-electron chi connectivity index (χ4n) is 5.92. The summed E-state index contributed by atoms with van der Waals surface area (Å²) in [6.45, 7) is 6.37. The topological polar surface area (TPSA) is 65.1 Å². The molecule has 6 nitrogen and oxygen atoms in total. The average molecular weight is 636 g/mol. The van der Waals surface area contributed by atoms with Crippen molar-refractivity contribution in [3.63, 3.8) is 0 Å². The summed E-state index contributed by atoms with van der Waals surface area (Å²) in [4.78, 5) is 35.5. The molecule has 236 valence electrons. The molecule has 4 rings (SSSR count). The van der Waals surface area contributed by atoms with Gasteiger partial charge in [0.1, 0.15) is 19.3 Å². The predicted molar refractivity (Wildman–Crippen MR) is 179 cm³/mol. The minimum atomic E-state index is -0.749. The van der Waals surface area contributed by atoms with Crippen LogP contribution < -0.4 is 0 Å². The molecule has 1 fully saturated rings. The van der Waals surface area contributed by atoms with Crippen molar-refractivity contribution in [1.29, 1.82) is 0 Å². The molecule has 0 aromatic heterocycles. The van der Waals surface area contributed by atoms with Crippen LogP contribution in [0.25, 0.3) is 0 Å². The van der Waals surface area contributed by atoms with Crippen LogP contribution in [0.4, 0.5) is 0 Å². The van der Waals surface area contributed by atoms with E-state index in [2.05, 4.69) is 0 Å². The Bertz CT molecular complexity index is 1370. The van der Waals surface area contributed by atoms with Gasteiger partial charge >= 0.3 is 11.9 Å². The van der Waals surface area contributed by atoms with E-state index in [9.17, 15) is 9.59 Å². The summed E-state index contributed by atoms with van der Waals surface area (Å²) in [6, 6.07) is 25.1. The summed E-state index contributed by atoms with van der Waals surface area (Å²) in [7, 11) is 0. The summed E-state index contributed by atoms with van der Waals surface area (Å²) in [5.41, 5.74) is 0.784. The predicted octanol–water partition coefficient (Wildman–Crippen LogP) is 9.01. The van der Waals surface area contributed by atoms with Gasteiger partial charge in [-0.25, -0.2) is 9.59 Å². The van der Waals surface area contributed by atoms with E-state index in [0.29, 0.717) is 11.1 Å². The van der Waals surface area contributed by atoms with Crippen LogP contribution in [-0.4, -0.2) is 53.8 Å². The van der Waals surface area contributed by atoms with E-state index in [1.165, 1.54) is 23.5 Å². The number of hydrogen-bond donors (Lipinski definition) is 0. The van der Waals surface area contributed by atoms with Crippen LogP contribution in [0.1, 0.15) is 91.7 Å². The maximum atomic E-state index is 13.5. The molecule has 1 saturated carbocycles. The molecule has 1 atom stereocenters. The van der Waals surface area contributed by atoms with E-state index in [0.717, 1.165) is 53.9 Å². The zero-order valence-electron chi connectivity index (χ0n) is 26.5. The van der Waals surface area contributed by atoms with Crippen LogP contribution in [-0.2, 0) is 14.3 Å². The summed E-state index contributed by atoms with van der Waals surface area (Å²) in [5, 5.41) is 2.02. The highest BCUT2D eigenvalue weighted by atomic mass is 32.2. The van der Waals surface area contributed by atoms with Gasteiger partial charge in [-0.2, -0.15) is 5.06 Å². The normalized spacial score (nSPS) is 15.8. The van der Waals surface area contributed by atoms with Gasteiger partial charge in [-0.1, -0.05) is 80.3 Å². The van der Waals surface area contributed by atoms with E-state index in [4.69, 9.17) is 14.3 Å². The Morgan fingerprint density at radius 1 is 0.773 bits per heavy atom. The lowest BCUT2D eigenvalue weighted by atomic mass is 9.86. The van der Waals surface area contributed by atoms with Crippen molar-refractivity contribution in [2.45, 2.75) is 86.3 Å². The molecule has 8 heteroatoms. The molecule has 0 bridgehead atoms. The number of nitrogens with zero attached hydrogens (tertiary/aromatic N) is 1. The first-order valence-corrected chi connectivity index (χ1v) is 17.8. The Labute approximate surface area is 271 Å². The van der Waals surface area contributed by atoms with Gasteiger partial charge < -0.3 is 9.47 Å². The molecule has 0 spiro atoms. The first-order chi connectivity index (χ1) is 21.2. The van der Waals surface area contributed by atoms with Gasteiger partial charge in [0.05, 0.1) is 22.2 Å². The third-order valence-electron chi connectivity index (χ3n) is 8.23. The van der Waals surface area contributed by atoms with Crippen LogP contribution in [0.3, 0.4) is 0 Å². The zero-order valence-corrected chi connectivity index (χ0v) is 28.2. The van der Waals surface area contributed by atoms with Crippen LogP contribution >= 0.6 is 23.5 Å². The highest BCUT2D eigenvalue weighted by Gasteiger charge is 2.48. The SMILES string of the molecule is CSc1ccccc1C(=O)OCC(C)(C)N(OC(C)c1ccccc1)C1(COC(=O)c2ccccc2SC)CCCCCC1. The number of rotatable bonds is 13. The summed E-state index contributed by atoms with van der Waals surface area (Å²) >= 11 is 3.05. The van der Waals surface area contributed by atoms with Gasteiger partial charge in [-0.05, 0) is 76.0 Å². The molecule has 0 aliphatic heterocycles. The van der Waals surface area contributed by atoms with E-state index in [1.54, 1.807) is 6.07 Å². The van der Waals surface area contributed by atoms with Crippen molar-refractivity contribution < 1.29 is 23.9 Å². The first kappa shape index (κ1) is 34.1. The second-order valence-corrected chi connectivity index (χ2v) is 13.7. The Morgan fingerprint density at radius 3 is 1.82 bits per heavy atom. The van der Waals surface area contributed by atoms with Gasteiger partial charge in [0, 0.05) is 9.79 Å². The lowest BCUT2D eigenvalue weighted by Gasteiger charge is -2.50. The van der Waals surface area contributed by atoms with Crippen molar-refractivity contribution in [2.24, 2.45) is 0 Å². The smallest absolute Gasteiger partial charge is 0.339 e. The molecule has 0 N–H and O–H groups in total. The molecule has 0 radical (unpaired) electrons. The Balaban J connectivity index is 1.66. The molecule has 1 aliphatic rings. The number of ether oxygens (including phenoxy) is 2. The number of carbonyl (C=O) groups excluding carboxylic acids is 2. The van der Waals surface area contributed by atoms with Crippen LogP contribution in [0.15, 0.2) is 88.7 Å². The molecular formula is C36H45NO5S2. The molecule has 0 saturated heterocycles. The van der Waals surface area contributed by atoms with Crippen molar-refractivity contribution in [3.8, 4) is 0 Å². The maximum absolute atomic E-state index is 13.5. The second-order valence-electron chi connectivity index (χ2n) is 12.0. The number of carbonyl (C=O) groups is 2. The van der Waals surface area contributed by atoms with E-state index in [1.807, 2.05) is 111 Å². The Kier molecular flexibility index (Phi) is 12.4. The summed E-state index contributed by atoms with van der Waals surface area (Å²) < 4.78 is 12.2. The van der Waals surface area contributed by atoms with Gasteiger partial charge in [0.25, 0.3) is 0 Å². The molecule has 3 aromatic rings. The lowest BCUT2D eigenvalue weighted by molar-refractivity contribution is -0.311. The fourth-order valence-corrected chi connectivity index (χ4v) is 7.09. The van der Waals surface area contributed by atoms with Crippen molar-refractivity contribution in [1.82, 2.24) is 5.06 Å². The van der Waals surface area contributed by atoms with Crippen LogP contribution in [0.2, 0.25) is 0 Å². The molecule has 0 amide bonds. The second kappa shape index (κ2) is 16.0. The lowest BCUT2D eigenvalue weighted by Crippen LogP contribution is -2.62. The monoisotopic (exact) mass is 635 g/mol. The van der Waals surface area contributed by atoms with Crippen molar-refractivity contribution in [2.75, 3.05) is 25.7 Å². The number of thioether (sulfide) groups is 2. The standard InChI is InChI=1S/C36H45NO5S2/c1-27(28-17-9-8-10-18-28)42-37(35(2,3)25-40-33(38)29-19-11-13-21-31(29)43-4)36(23-15-6-7-16-24-36)26-41-34(39)30-20-12-14-22-32(30)44-5/h8-14,17-22,27H,6-7,15-16,23-26H2,1-5H3. The number of benzene rings is 3. The third-order valence-corrected chi connectivity index (χ3v) is 9.82. The van der Waals surface area contributed by atoms with Gasteiger partial charge in [0.2, 0.25) is 0 Å². The highest BCUT2D eigenvalue weighted by Crippen LogP contribution is 2.40. The average Bonchev–Trinajstić information content (AvgIpc) is 3.31. The quantitative estimate of drug-likeness (QED) is 0.0798.